The molecular formula is C26H26N2O2. The third-order valence-corrected chi connectivity index (χ3v) is 6.48. The molecule has 1 atom stereocenters. The van der Waals surface area contributed by atoms with Crippen molar-refractivity contribution in [3.8, 4) is 0 Å². The number of aryl methyl sites for hydroxylation is 2. The highest BCUT2D eigenvalue weighted by Gasteiger charge is 2.35. The van der Waals surface area contributed by atoms with Gasteiger partial charge < -0.3 is 13.9 Å². The van der Waals surface area contributed by atoms with E-state index in [1.54, 1.807) is 0 Å². The van der Waals surface area contributed by atoms with Crippen LogP contribution < -0.4 is 0 Å². The Morgan fingerprint density at radius 1 is 0.833 bits per heavy atom. The van der Waals surface area contributed by atoms with E-state index >= 15 is 0 Å². The molecule has 4 nitrogen and oxygen atoms in total. The van der Waals surface area contributed by atoms with E-state index in [2.05, 4.69) is 73.2 Å². The quantitative estimate of drug-likeness (QED) is 0.399. The minimum absolute atomic E-state index is 0.195. The molecule has 0 fully saturated rings. The monoisotopic (exact) mass is 398 g/mol. The largest absolute Gasteiger partial charge is 0.425 e. The average Bonchev–Trinajstić information content (AvgIpc) is 3.35. The number of benzene rings is 2. The summed E-state index contributed by atoms with van der Waals surface area (Å²) in [5, 5.41) is 2.26. The standard InChI is InChI=1S/C26H26N2O2/c1-5-27-16(3)24(18-11-7-9-13-21(18)27)20-15-23(30-26(20)29)25-17(4)28(6-2)22-14-10-8-12-19(22)25/h7-15,20H,5-6H2,1-4H3. The summed E-state index contributed by atoms with van der Waals surface area (Å²) in [6, 6.07) is 16.7. The van der Waals surface area contributed by atoms with E-state index in [1.807, 2.05) is 18.2 Å². The number of nitrogens with zero attached hydrogens (tertiary/aromatic N) is 2. The van der Waals surface area contributed by atoms with Crippen LogP contribution in [0.3, 0.4) is 0 Å². The van der Waals surface area contributed by atoms with Crippen molar-refractivity contribution in [2.75, 3.05) is 0 Å². The van der Waals surface area contributed by atoms with E-state index in [0.717, 1.165) is 46.4 Å². The van der Waals surface area contributed by atoms with Crippen LogP contribution in [0.5, 0.6) is 0 Å². The summed E-state index contributed by atoms with van der Waals surface area (Å²) < 4.78 is 10.5. The molecule has 0 saturated heterocycles. The van der Waals surface area contributed by atoms with Crippen molar-refractivity contribution in [2.45, 2.75) is 46.7 Å². The molecule has 0 spiro atoms. The molecule has 30 heavy (non-hydrogen) atoms. The second-order valence-electron chi connectivity index (χ2n) is 7.91. The number of aromatic nitrogens is 2. The molecule has 1 aliphatic heterocycles. The molecule has 0 N–H and O–H groups in total. The molecule has 4 heteroatoms. The van der Waals surface area contributed by atoms with Crippen LogP contribution in [0.2, 0.25) is 0 Å². The maximum absolute atomic E-state index is 13.1. The minimum Gasteiger partial charge on any atom is -0.425 e. The Morgan fingerprint density at radius 2 is 1.40 bits per heavy atom. The summed E-state index contributed by atoms with van der Waals surface area (Å²) in [6.45, 7) is 10.2. The maximum atomic E-state index is 13.1. The van der Waals surface area contributed by atoms with Crippen molar-refractivity contribution in [1.82, 2.24) is 9.13 Å². The first-order valence-electron chi connectivity index (χ1n) is 10.7. The predicted molar refractivity (Wildman–Crippen MR) is 122 cm³/mol. The number of carbonyl (C=O) groups is 1. The number of fused-ring (bicyclic) bond motifs is 2. The third kappa shape index (κ3) is 2.49. The van der Waals surface area contributed by atoms with Crippen molar-refractivity contribution < 1.29 is 9.53 Å². The van der Waals surface area contributed by atoms with Crippen molar-refractivity contribution in [3.63, 3.8) is 0 Å². The van der Waals surface area contributed by atoms with Gasteiger partial charge in [0.15, 0.2) is 0 Å². The van der Waals surface area contributed by atoms with Crippen LogP contribution in [0.15, 0.2) is 54.6 Å². The highest BCUT2D eigenvalue weighted by molar-refractivity contribution is 6.02. The Morgan fingerprint density at radius 3 is 2.07 bits per heavy atom. The zero-order valence-corrected chi connectivity index (χ0v) is 17.9. The summed E-state index contributed by atoms with van der Waals surface area (Å²) in [6.07, 6.45) is 2.02. The van der Waals surface area contributed by atoms with Gasteiger partial charge in [-0.3, -0.25) is 4.79 Å². The topological polar surface area (TPSA) is 36.2 Å². The summed E-state index contributed by atoms with van der Waals surface area (Å²) in [7, 11) is 0. The Labute approximate surface area is 176 Å². The molecule has 0 amide bonds. The Balaban J connectivity index is 1.71. The number of hydrogen-bond donors (Lipinski definition) is 0. The summed E-state index contributed by atoms with van der Waals surface area (Å²) in [5.41, 5.74) is 6.69. The molecule has 0 radical (unpaired) electrons. The van der Waals surface area contributed by atoms with Crippen molar-refractivity contribution in [3.05, 3.63) is 77.1 Å². The molecule has 5 rings (SSSR count). The van der Waals surface area contributed by atoms with Gasteiger partial charge in [0, 0.05) is 51.8 Å². The van der Waals surface area contributed by atoms with Gasteiger partial charge in [-0.05, 0) is 51.5 Å². The molecule has 1 unspecified atom stereocenters. The Kier molecular flexibility index (Phi) is 4.31. The van der Waals surface area contributed by atoms with E-state index in [4.69, 9.17) is 4.74 Å². The van der Waals surface area contributed by atoms with Gasteiger partial charge in [-0.2, -0.15) is 0 Å². The van der Waals surface area contributed by atoms with E-state index in [9.17, 15) is 4.79 Å². The normalized spacial score (nSPS) is 16.5. The van der Waals surface area contributed by atoms with E-state index in [0.29, 0.717) is 5.76 Å². The first-order valence-corrected chi connectivity index (χ1v) is 10.7. The maximum Gasteiger partial charge on any atom is 0.322 e. The fourth-order valence-electron chi connectivity index (χ4n) is 5.17. The number of rotatable bonds is 4. The lowest BCUT2D eigenvalue weighted by Crippen LogP contribution is -2.08. The highest BCUT2D eigenvalue weighted by Crippen LogP contribution is 2.42. The number of carbonyl (C=O) groups excluding carboxylic acids is 1. The van der Waals surface area contributed by atoms with Crippen LogP contribution in [0.4, 0.5) is 0 Å². The zero-order chi connectivity index (χ0) is 21.0. The van der Waals surface area contributed by atoms with Gasteiger partial charge in [0.2, 0.25) is 0 Å². The van der Waals surface area contributed by atoms with Crippen LogP contribution >= 0.6 is 0 Å². The lowest BCUT2D eigenvalue weighted by Gasteiger charge is -2.07. The lowest BCUT2D eigenvalue weighted by atomic mass is 9.95. The molecule has 4 aromatic rings. The Bertz CT molecular complexity index is 1340. The molecular weight excluding hydrogens is 372 g/mol. The van der Waals surface area contributed by atoms with Gasteiger partial charge in [0.25, 0.3) is 0 Å². The van der Waals surface area contributed by atoms with Gasteiger partial charge in [0.1, 0.15) is 11.7 Å². The number of ether oxygens (including phenoxy) is 1. The molecule has 1 aliphatic rings. The van der Waals surface area contributed by atoms with E-state index in [1.165, 1.54) is 11.0 Å². The number of cyclic esters (lactones) is 1. The van der Waals surface area contributed by atoms with Crippen molar-refractivity contribution in [2.24, 2.45) is 0 Å². The molecule has 3 heterocycles. The molecule has 2 aromatic carbocycles. The minimum atomic E-state index is -0.388. The molecule has 152 valence electrons. The molecule has 0 aliphatic carbocycles. The molecule has 0 saturated carbocycles. The van der Waals surface area contributed by atoms with Crippen LogP contribution in [0, 0.1) is 13.8 Å². The van der Waals surface area contributed by atoms with Crippen LogP contribution in [-0.4, -0.2) is 15.1 Å². The second-order valence-corrected chi connectivity index (χ2v) is 7.91. The van der Waals surface area contributed by atoms with Crippen LogP contribution in [-0.2, 0) is 22.6 Å². The predicted octanol–water partition coefficient (Wildman–Crippen LogP) is 5.93. The van der Waals surface area contributed by atoms with Crippen molar-refractivity contribution in [1.29, 1.82) is 0 Å². The summed E-state index contributed by atoms with van der Waals surface area (Å²) in [4.78, 5) is 13.1. The van der Waals surface area contributed by atoms with E-state index < -0.39 is 0 Å². The first kappa shape index (κ1) is 18.7. The van der Waals surface area contributed by atoms with Gasteiger partial charge >= 0.3 is 5.97 Å². The first-order chi connectivity index (χ1) is 14.6. The van der Waals surface area contributed by atoms with Gasteiger partial charge in [-0.25, -0.2) is 0 Å². The Hall–Kier alpha value is -3.27. The number of hydrogen-bond acceptors (Lipinski definition) is 2. The van der Waals surface area contributed by atoms with Crippen LogP contribution in [0.1, 0.15) is 42.3 Å². The molecule has 2 aromatic heterocycles. The smallest absolute Gasteiger partial charge is 0.322 e. The average molecular weight is 399 g/mol. The highest BCUT2D eigenvalue weighted by atomic mass is 16.5. The van der Waals surface area contributed by atoms with Gasteiger partial charge in [-0.1, -0.05) is 36.4 Å². The summed E-state index contributed by atoms with van der Waals surface area (Å²) in [5.74, 6) is 0.0966. The van der Waals surface area contributed by atoms with Gasteiger partial charge in [0.05, 0.1) is 0 Å². The lowest BCUT2D eigenvalue weighted by molar-refractivity contribution is -0.135. The fraction of sp³-hybridized carbons (Fsp3) is 0.269. The number of para-hydroxylation sites is 2. The van der Waals surface area contributed by atoms with Crippen molar-refractivity contribution >= 4 is 33.5 Å². The zero-order valence-electron chi connectivity index (χ0n) is 17.9. The van der Waals surface area contributed by atoms with Gasteiger partial charge in [-0.15, -0.1) is 0 Å². The molecule has 0 bridgehead atoms. The SMILES string of the molecule is CCn1c(C)c(C2=CC(c3c(C)n(CC)c4ccccc34)C(=O)O2)c2ccccc21. The third-order valence-electron chi connectivity index (χ3n) is 6.48. The second kappa shape index (κ2) is 6.91. The fourth-order valence-corrected chi connectivity index (χ4v) is 5.17. The number of esters is 1. The van der Waals surface area contributed by atoms with Crippen LogP contribution in [0.25, 0.3) is 27.6 Å². The summed E-state index contributed by atoms with van der Waals surface area (Å²) >= 11 is 0. The van der Waals surface area contributed by atoms with E-state index in [-0.39, 0.29) is 11.9 Å².